The first-order chi connectivity index (χ1) is 16.8. The van der Waals surface area contributed by atoms with Crippen LogP contribution in [0.4, 0.5) is 0 Å². The summed E-state index contributed by atoms with van der Waals surface area (Å²) in [6.45, 7) is 15.9. The quantitative estimate of drug-likeness (QED) is 0.290. The van der Waals surface area contributed by atoms with E-state index in [1.807, 2.05) is 16.7 Å². The smallest absolute Gasteiger partial charge is 0.247 e. The molecule has 0 aromatic carbocycles. The summed E-state index contributed by atoms with van der Waals surface area (Å²) in [5, 5.41) is 9.82. The molecule has 0 aromatic rings. The first kappa shape index (κ1) is 27.8. The van der Waals surface area contributed by atoms with E-state index in [4.69, 9.17) is 0 Å². The summed E-state index contributed by atoms with van der Waals surface area (Å²) >= 11 is 1.68. The zero-order valence-corrected chi connectivity index (χ0v) is 22.5. The van der Waals surface area contributed by atoms with E-state index in [0.29, 0.717) is 26.2 Å². The van der Waals surface area contributed by atoms with Crippen LogP contribution in [0.25, 0.3) is 0 Å². The molecule has 1 N–H and O–H groups in total. The van der Waals surface area contributed by atoms with E-state index in [1.165, 1.54) is 0 Å². The molecular weight excluding hydrogens is 462 g/mol. The Balaban J connectivity index is 2.01. The van der Waals surface area contributed by atoms with Crippen LogP contribution in [-0.2, 0) is 14.4 Å². The maximum absolute atomic E-state index is 14.1. The van der Waals surface area contributed by atoms with E-state index < -0.39 is 22.6 Å². The first-order valence-electron chi connectivity index (χ1n) is 13.2. The number of hydrogen-bond donors (Lipinski definition) is 1. The molecule has 3 aliphatic rings. The van der Waals surface area contributed by atoms with Gasteiger partial charge in [-0.05, 0) is 32.6 Å². The fraction of sp³-hybridized carbons (Fsp3) is 0.741. The van der Waals surface area contributed by atoms with Crippen molar-refractivity contribution in [1.82, 2.24) is 14.7 Å². The molecule has 2 bridgehead atoms. The van der Waals surface area contributed by atoms with Crippen molar-refractivity contribution >= 4 is 29.5 Å². The zero-order chi connectivity index (χ0) is 25.8. The Morgan fingerprint density at radius 2 is 1.74 bits per heavy atom. The normalized spacial score (nSPS) is 30.9. The number of unbranched alkanes of at least 4 members (excludes halogenated alkanes) is 2. The first-order valence-corrected chi connectivity index (χ1v) is 14.0. The number of likely N-dealkylation sites (tertiary alicyclic amines) is 1. The minimum absolute atomic E-state index is 0.00961. The Kier molecular flexibility index (Phi) is 9.13. The summed E-state index contributed by atoms with van der Waals surface area (Å²) in [5.41, 5.74) is 0. The van der Waals surface area contributed by atoms with Gasteiger partial charge in [-0.15, -0.1) is 24.9 Å². The molecule has 196 valence electrons. The SMILES string of the molecule is C=CCN(CCCCC)C(=O)C1N(CCO)C(=O)[C@@H]2[C@H](C(=O)N(CC=C)CCC)[C@]3(C)CCC12S3. The predicted molar refractivity (Wildman–Crippen MR) is 141 cm³/mol. The highest BCUT2D eigenvalue weighted by Crippen LogP contribution is 2.71. The van der Waals surface area contributed by atoms with Gasteiger partial charge in [-0.25, -0.2) is 0 Å². The number of thioether (sulfide) groups is 1. The molecular formula is C27H43N3O4S. The lowest BCUT2D eigenvalue weighted by molar-refractivity contribution is -0.145. The summed E-state index contributed by atoms with van der Waals surface area (Å²) in [6, 6.07) is -0.669. The lowest BCUT2D eigenvalue weighted by atomic mass is 9.66. The van der Waals surface area contributed by atoms with Gasteiger partial charge in [0.25, 0.3) is 0 Å². The number of β-amino-alcohol motifs (C(OH)–C–C–N with tert-alkyl or cyclic N) is 1. The summed E-state index contributed by atoms with van der Waals surface area (Å²) in [5.74, 6) is -1.28. The Labute approximate surface area is 215 Å². The van der Waals surface area contributed by atoms with Gasteiger partial charge in [0, 0.05) is 37.5 Å². The molecule has 3 fully saturated rings. The largest absolute Gasteiger partial charge is 0.395 e. The number of carbonyl (C=O) groups is 3. The highest BCUT2D eigenvalue weighted by atomic mass is 32.2. The molecule has 3 heterocycles. The molecule has 1 spiro atoms. The number of aliphatic hydroxyl groups is 1. The molecule has 3 amide bonds. The fourth-order valence-electron chi connectivity index (χ4n) is 6.52. The van der Waals surface area contributed by atoms with Crippen molar-refractivity contribution in [3.05, 3.63) is 25.3 Å². The van der Waals surface area contributed by atoms with Gasteiger partial charge in [-0.2, -0.15) is 0 Å². The second-order valence-electron chi connectivity index (χ2n) is 10.3. The molecule has 2 unspecified atom stereocenters. The lowest BCUT2D eigenvalue weighted by Gasteiger charge is -2.38. The van der Waals surface area contributed by atoms with Crippen LogP contribution in [0.5, 0.6) is 0 Å². The molecule has 3 rings (SSSR count). The van der Waals surface area contributed by atoms with Crippen molar-refractivity contribution in [3.63, 3.8) is 0 Å². The third-order valence-electron chi connectivity index (χ3n) is 7.96. The van der Waals surface area contributed by atoms with Crippen molar-refractivity contribution in [2.45, 2.75) is 74.8 Å². The monoisotopic (exact) mass is 505 g/mol. The predicted octanol–water partition coefficient (Wildman–Crippen LogP) is 3.09. The van der Waals surface area contributed by atoms with Crippen molar-refractivity contribution < 1.29 is 19.5 Å². The van der Waals surface area contributed by atoms with Gasteiger partial charge in [-0.3, -0.25) is 14.4 Å². The number of aliphatic hydroxyl groups excluding tert-OH is 1. The van der Waals surface area contributed by atoms with E-state index in [9.17, 15) is 19.5 Å². The number of amides is 3. The van der Waals surface area contributed by atoms with E-state index >= 15 is 0 Å². The average Bonchev–Trinajstić information content (AvgIpc) is 3.39. The summed E-state index contributed by atoms with van der Waals surface area (Å²) in [4.78, 5) is 47.1. The van der Waals surface area contributed by atoms with Gasteiger partial charge < -0.3 is 19.8 Å². The lowest BCUT2D eigenvalue weighted by Crippen LogP contribution is -2.55. The second-order valence-corrected chi connectivity index (χ2v) is 12.2. The molecule has 0 aliphatic carbocycles. The maximum Gasteiger partial charge on any atom is 0.247 e. The summed E-state index contributed by atoms with van der Waals surface area (Å²) in [7, 11) is 0. The van der Waals surface area contributed by atoms with Gasteiger partial charge in [-0.1, -0.05) is 38.8 Å². The third-order valence-corrected chi connectivity index (χ3v) is 9.95. The number of hydrogen-bond acceptors (Lipinski definition) is 5. The van der Waals surface area contributed by atoms with E-state index in [0.717, 1.165) is 38.5 Å². The number of rotatable bonds is 14. The molecule has 3 aliphatic heterocycles. The van der Waals surface area contributed by atoms with Crippen LogP contribution in [0.15, 0.2) is 25.3 Å². The third kappa shape index (κ3) is 4.80. The molecule has 0 radical (unpaired) electrons. The molecule has 0 aromatic heterocycles. The van der Waals surface area contributed by atoms with E-state index in [-0.39, 0.29) is 35.6 Å². The molecule has 5 atom stereocenters. The molecule has 0 saturated carbocycles. The number of fused-ring (bicyclic) bond motifs is 1. The van der Waals surface area contributed by atoms with Gasteiger partial charge in [0.15, 0.2) is 0 Å². The highest BCUT2D eigenvalue weighted by Gasteiger charge is 2.77. The standard InChI is InChI=1S/C27H43N3O4S/c1-6-10-11-17-29(16-9-4)25(34)22-27-13-12-26(5,35-27)20(21(27)24(33)30(22)18-19-31)23(32)28(14-7-2)15-8-3/h7,9,20-22,31H,2,4,6,8,10-19H2,1,3,5H3/t20-,21+,22?,26+,27?/m1/s1. The highest BCUT2D eigenvalue weighted by molar-refractivity contribution is 8.02. The van der Waals surface area contributed by atoms with Crippen molar-refractivity contribution in [1.29, 1.82) is 0 Å². The average molecular weight is 506 g/mol. The fourth-order valence-corrected chi connectivity index (χ4v) is 8.86. The van der Waals surface area contributed by atoms with Gasteiger partial charge in [0.1, 0.15) is 6.04 Å². The van der Waals surface area contributed by atoms with Crippen LogP contribution in [0, 0.1) is 11.8 Å². The molecule has 3 saturated heterocycles. The van der Waals surface area contributed by atoms with Crippen LogP contribution in [0.1, 0.15) is 59.3 Å². The van der Waals surface area contributed by atoms with Crippen molar-refractivity contribution in [2.75, 3.05) is 39.3 Å². The van der Waals surface area contributed by atoms with Crippen molar-refractivity contribution in [2.24, 2.45) is 11.8 Å². The Morgan fingerprint density at radius 3 is 2.31 bits per heavy atom. The summed E-state index contributed by atoms with van der Waals surface area (Å²) < 4.78 is -1.03. The molecule has 35 heavy (non-hydrogen) atoms. The second kappa shape index (κ2) is 11.5. The Morgan fingerprint density at radius 1 is 1.09 bits per heavy atom. The van der Waals surface area contributed by atoms with Crippen LogP contribution >= 0.6 is 11.8 Å². The Bertz CT molecular complexity index is 835. The van der Waals surface area contributed by atoms with Gasteiger partial charge in [0.2, 0.25) is 17.7 Å². The zero-order valence-electron chi connectivity index (χ0n) is 21.7. The van der Waals surface area contributed by atoms with Crippen LogP contribution in [-0.4, -0.2) is 92.4 Å². The Hall–Kier alpha value is -1.80. The van der Waals surface area contributed by atoms with E-state index in [2.05, 4.69) is 27.0 Å². The van der Waals surface area contributed by atoms with E-state index in [1.54, 1.807) is 28.8 Å². The van der Waals surface area contributed by atoms with Crippen LogP contribution in [0.2, 0.25) is 0 Å². The molecule has 7 nitrogen and oxygen atoms in total. The summed E-state index contributed by atoms with van der Waals surface area (Å²) in [6.07, 6.45) is 8.78. The van der Waals surface area contributed by atoms with Gasteiger partial charge >= 0.3 is 0 Å². The minimum atomic E-state index is -0.669. The minimum Gasteiger partial charge on any atom is -0.395 e. The van der Waals surface area contributed by atoms with Gasteiger partial charge in [0.05, 0.1) is 23.2 Å². The topological polar surface area (TPSA) is 81.2 Å². The van der Waals surface area contributed by atoms with Crippen LogP contribution in [0.3, 0.4) is 0 Å². The maximum atomic E-state index is 14.1. The number of carbonyl (C=O) groups excluding carboxylic acids is 3. The number of nitrogens with zero attached hydrogens (tertiary/aromatic N) is 3. The molecule has 8 heteroatoms. The van der Waals surface area contributed by atoms with Crippen molar-refractivity contribution in [3.8, 4) is 0 Å². The van der Waals surface area contributed by atoms with Crippen LogP contribution < -0.4 is 0 Å².